The average molecular weight is 241 g/mol. The number of nitrogens with zero attached hydrogens (tertiary/aromatic N) is 3. The summed E-state index contributed by atoms with van der Waals surface area (Å²) in [5, 5.41) is 9.03. The van der Waals surface area contributed by atoms with E-state index < -0.39 is 0 Å². The molecule has 0 aliphatic rings. The topological polar surface area (TPSA) is 72.5 Å². The van der Waals surface area contributed by atoms with Gasteiger partial charge < -0.3 is 10.7 Å². The third-order valence-corrected chi connectivity index (χ3v) is 3.06. The van der Waals surface area contributed by atoms with E-state index >= 15 is 0 Å². The molecule has 0 amide bonds. The van der Waals surface area contributed by atoms with E-state index in [0.29, 0.717) is 6.54 Å². The lowest BCUT2D eigenvalue weighted by atomic mass is 10.1. The van der Waals surface area contributed by atoms with E-state index in [2.05, 4.69) is 33.5 Å². The van der Waals surface area contributed by atoms with Crippen molar-refractivity contribution in [2.75, 3.05) is 6.54 Å². The van der Waals surface area contributed by atoms with Crippen LogP contribution in [-0.2, 0) is 13.0 Å². The molecule has 0 aliphatic heterocycles. The highest BCUT2D eigenvalue weighted by molar-refractivity contribution is 5.83. The number of aromatic nitrogens is 4. The van der Waals surface area contributed by atoms with Crippen molar-refractivity contribution in [3.63, 3.8) is 0 Å². The molecule has 5 heteroatoms. The van der Waals surface area contributed by atoms with Gasteiger partial charge in [-0.25, -0.2) is 4.68 Å². The van der Waals surface area contributed by atoms with Gasteiger partial charge in [0, 0.05) is 23.3 Å². The van der Waals surface area contributed by atoms with Gasteiger partial charge in [-0.1, -0.05) is 11.3 Å². The molecule has 92 valence electrons. The molecule has 0 saturated heterocycles. The summed E-state index contributed by atoms with van der Waals surface area (Å²) in [6, 6.07) is 6.40. The SMILES string of the molecule is NCCc1c[nH]c2ccc(Cn3ccnn3)cc12. The average Bonchev–Trinajstić information content (AvgIpc) is 3.00. The Labute approximate surface area is 105 Å². The minimum absolute atomic E-state index is 0.667. The predicted octanol–water partition coefficient (Wildman–Crippen LogP) is 1.31. The summed E-state index contributed by atoms with van der Waals surface area (Å²) in [5.74, 6) is 0. The fraction of sp³-hybridized carbons (Fsp3) is 0.231. The Bertz CT molecular complexity index is 639. The molecule has 0 saturated carbocycles. The van der Waals surface area contributed by atoms with Crippen molar-refractivity contribution in [3.05, 3.63) is 47.9 Å². The van der Waals surface area contributed by atoms with Crippen LogP contribution in [0, 0.1) is 0 Å². The maximum atomic E-state index is 5.62. The Kier molecular flexibility index (Phi) is 2.82. The summed E-state index contributed by atoms with van der Waals surface area (Å²) in [7, 11) is 0. The monoisotopic (exact) mass is 241 g/mol. The van der Waals surface area contributed by atoms with Crippen LogP contribution in [0.25, 0.3) is 10.9 Å². The van der Waals surface area contributed by atoms with Gasteiger partial charge in [-0.15, -0.1) is 5.10 Å². The zero-order valence-electron chi connectivity index (χ0n) is 10.0. The molecular weight excluding hydrogens is 226 g/mol. The van der Waals surface area contributed by atoms with E-state index in [4.69, 9.17) is 5.73 Å². The lowest BCUT2D eigenvalue weighted by molar-refractivity contribution is 0.650. The van der Waals surface area contributed by atoms with Gasteiger partial charge in [0.05, 0.1) is 12.7 Å². The first-order chi connectivity index (χ1) is 8.86. The summed E-state index contributed by atoms with van der Waals surface area (Å²) in [5.41, 5.74) is 9.26. The second-order valence-electron chi connectivity index (χ2n) is 4.33. The number of nitrogens with one attached hydrogen (secondary N) is 1. The quantitative estimate of drug-likeness (QED) is 0.723. The second kappa shape index (κ2) is 4.62. The van der Waals surface area contributed by atoms with Crippen LogP contribution in [0.3, 0.4) is 0 Å². The van der Waals surface area contributed by atoms with Crippen LogP contribution in [0.15, 0.2) is 36.8 Å². The summed E-state index contributed by atoms with van der Waals surface area (Å²) in [6.45, 7) is 1.41. The molecule has 3 N–H and O–H groups in total. The number of H-pyrrole nitrogens is 1. The molecule has 5 nitrogen and oxygen atoms in total. The molecule has 18 heavy (non-hydrogen) atoms. The highest BCUT2D eigenvalue weighted by Gasteiger charge is 2.04. The number of fused-ring (bicyclic) bond motifs is 1. The maximum Gasteiger partial charge on any atom is 0.0693 e. The number of nitrogens with two attached hydrogens (primary N) is 1. The molecule has 3 rings (SSSR count). The summed E-state index contributed by atoms with van der Waals surface area (Å²) in [4.78, 5) is 3.27. The molecule has 0 radical (unpaired) electrons. The van der Waals surface area contributed by atoms with Gasteiger partial charge in [0.25, 0.3) is 0 Å². The van der Waals surface area contributed by atoms with Gasteiger partial charge in [0.1, 0.15) is 0 Å². The zero-order chi connectivity index (χ0) is 12.4. The Hall–Kier alpha value is -2.14. The largest absolute Gasteiger partial charge is 0.361 e. The zero-order valence-corrected chi connectivity index (χ0v) is 10.0. The fourth-order valence-electron chi connectivity index (χ4n) is 2.19. The molecular formula is C13H15N5. The fourth-order valence-corrected chi connectivity index (χ4v) is 2.19. The summed E-state index contributed by atoms with van der Waals surface area (Å²) >= 11 is 0. The van der Waals surface area contributed by atoms with E-state index in [1.807, 2.05) is 17.1 Å². The van der Waals surface area contributed by atoms with Crippen LogP contribution in [0.1, 0.15) is 11.1 Å². The lowest BCUT2D eigenvalue weighted by Gasteiger charge is -2.02. The molecule has 3 aromatic rings. The number of hydrogen-bond donors (Lipinski definition) is 2. The third kappa shape index (κ3) is 2.00. The Balaban J connectivity index is 1.96. The number of benzene rings is 1. The highest BCUT2D eigenvalue weighted by atomic mass is 15.4. The second-order valence-corrected chi connectivity index (χ2v) is 4.33. The van der Waals surface area contributed by atoms with E-state index in [1.54, 1.807) is 6.20 Å². The van der Waals surface area contributed by atoms with Gasteiger partial charge in [-0.3, -0.25) is 0 Å². The number of hydrogen-bond acceptors (Lipinski definition) is 3. The van der Waals surface area contributed by atoms with E-state index in [-0.39, 0.29) is 0 Å². The number of rotatable bonds is 4. The van der Waals surface area contributed by atoms with Gasteiger partial charge in [0.2, 0.25) is 0 Å². The van der Waals surface area contributed by atoms with Crippen LogP contribution in [-0.4, -0.2) is 26.5 Å². The first-order valence-electron chi connectivity index (χ1n) is 6.00. The van der Waals surface area contributed by atoms with Crippen molar-refractivity contribution in [2.24, 2.45) is 5.73 Å². The first-order valence-corrected chi connectivity index (χ1v) is 6.00. The lowest BCUT2D eigenvalue weighted by Crippen LogP contribution is -2.02. The molecule has 0 aliphatic carbocycles. The maximum absolute atomic E-state index is 5.62. The molecule has 0 spiro atoms. The Morgan fingerprint density at radius 1 is 1.33 bits per heavy atom. The predicted molar refractivity (Wildman–Crippen MR) is 70.2 cm³/mol. The van der Waals surface area contributed by atoms with Crippen molar-refractivity contribution in [3.8, 4) is 0 Å². The van der Waals surface area contributed by atoms with E-state index in [0.717, 1.165) is 18.5 Å². The smallest absolute Gasteiger partial charge is 0.0693 e. The third-order valence-electron chi connectivity index (χ3n) is 3.06. The Morgan fingerprint density at radius 2 is 2.28 bits per heavy atom. The van der Waals surface area contributed by atoms with Gasteiger partial charge in [-0.05, 0) is 36.2 Å². The van der Waals surface area contributed by atoms with Crippen LogP contribution in [0.2, 0.25) is 0 Å². The van der Waals surface area contributed by atoms with Gasteiger partial charge >= 0.3 is 0 Å². The van der Waals surface area contributed by atoms with E-state index in [1.165, 1.54) is 16.5 Å². The summed E-state index contributed by atoms with van der Waals surface area (Å²) < 4.78 is 1.82. The van der Waals surface area contributed by atoms with Crippen LogP contribution in [0.5, 0.6) is 0 Å². The normalized spacial score (nSPS) is 11.2. The molecule has 0 atom stereocenters. The number of aromatic amines is 1. The summed E-state index contributed by atoms with van der Waals surface area (Å²) in [6.07, 6.45) is 6.49. The van der Waals surface area contributed by atoms with Gasteiger partial charge in [-0.2, -0.15) is 0 Å². The van der Waals surface area contributed by atoms with E-state index in [9.17, 15) is 0 Å². The molecule has 0 unspecified atom stereocenters. The van der Waals surface area contributed by atoms with Crippen molar-refractivity contribution in [2.45, 2.75) is 13.0 Å². The van der Waals surface area contributed by atoms with Crippen molar-refractivity contribution >= 4 is 10.9 Å². The molecule has 2 heterocycles. The molecule has 0 fully saturated rings. The minimum atomic E-state index is 0.667. The minimum Gasteiger partial charge on any atom is -0.361 e. The van der Waals surface area contributed by atoms with Crippen LogP contribution < -0.4 is 5.73 Å². The van der Waals surface area contributed by atoms with Crippen molar-refractivity contribution < 1.29 is 0 Å². The Morgan fingerprint density at radius 3 is 3.06 bits per heavy atom. The van der Waals surface area contributed by atoms with Crippen LogP contribution >= 0.6 is 0 Å². The van der Waals surface area contributed by atoms with Gasteiger partial charge in [0.15, 0.2) is 0 Å². The van der Waals surface area contributed by atoms with Crippen LogP contribution in [0.4, 0.5) is 0 Å². The van der Waals surface area contributed by atoms with Crippen molar-refractivity contribution in [1.82, 2.24) is 20.0 Å². The molecule has 0 bridgehead atoms. The molecule has 1 aromatic carbocycles. The molecule has 2 aromatic heterocycles. The standard InChI is InChI=1S/C13H15N5/c14-4-3-11-8-15-13-2-1-10(7-12(11)13)9-18-6-5-16-17-18/h1-2,5-8,15H,3-4,9,14H2. The first kappa shape index (κ1) is 11.0. The van der Waals surface area contributed by atoms with Crippen molar-refractivity contribution in [1.29, 1.82) is 0 Å². The highest BCUT2D eigenvalue weighted by Crippen LogP contribution is 2.20.